The van der Waals surface area contributed by atoms with Gasteiger partial charge in [-0.15, -0.1) is 0 Å². The average molecular weight is 269 g/mol. The summed E-state index contributed by atoms with van der Waals surface area (Å²) in [6.07, 6.45) is 2.47. The van der Waals surface area contributed by atoms with Gasteiger partial charge in [-0.2, -0.15) is 5.26 Å². The Kier molecular flexibility index (Phi) is 3.23. The van der Waals surface area contributed by atoms with Gasteiger partial charge in [-0.05, 0) is 51.8 Å². The number of benzene rings is 1. The Hall–Kier alpha value is -1.86. The molecule has 0 spiro atoms. The summed E-state index contributed by atoms with van der Waals surface area (Å²) >= 11 is 0. The van der Waals surface area contributed by atoms with Crippen molar-refractivity contribution < 1.29 is 4.74 Å². The number of aromatic nitrogens is 2. The maximum absolute atomic E-state index is 9.02. The van der Waals surface area contributed by atoms with Crippen molar-refractivity contribution in [1.29, 1.82) is 5.26 Å². The lowest BCUT2D eigenvalue weighted by Crippen LogP contribution is -2.11. The molecule has 0 aliphatic carbocycles. The molecule has 104 valence electrons. The fourth-order valence-electron chi connectivity index (χ4n) is 2.95. The van der Waals surface area contributed by atoms with Crippen LogP contribution in [0.25, 0.3) is 11.0 Å². The molecule has 2 unspecified atom stereocenters. The summed E-state index contributed by atoms with van der Waals surface area (Å²) < 4.78 is 8.21. The van der Waals surface area contributed by atoms with Gasteiger partial charge in [-0.3, -0.25) is 0 Å². The van der Waals surface area contributed by atoms with Gasteiger partial charge >= 0.3 is 0 Å². The first-order chi connectivity index (χ1) is 9.60. The van der Waals surface area contributed by atoms with Crippen molar-refractivity contribution in [2.45, 2.75) is 51.9 Å². The van der Waals surface area contributed by atoms with Crippen LogP contribution >= 0.6 is 0 Å². The van der Waals surface area contributed by atoms with Crippen molar-refractivity contribution in [2.75, 3.05) is 0 Å². The first-order valence-corrected chi connectivity index (χ1v) is 7.17. The summed E-state index contributed by atoms with van der Waals surface area (Å²) in [6, 6.07) is 8.19. The van der Waals surface area contributed by atoms with Crippen LogP contribution in [0.5, 0.6) is 0 Å². The van der Waals surface area contributed by atoms with Gasteiger partial charge < -0.3 is 9.30 Å². The molecular weight excluding hydrogens is 250 g/mol. The topological polar surface area (TPSA) is 50.8 Å². The number of rotatable bonds is 2. The van der Waals surface area contributed by atoms with Crippen molar-refractivity contribution in [3.63, 3.8) is 0 Å². The van der Waals surface area contributed by atoms with Crippen LogP contribution in [0, 0.1) is 11.3 Å². The molecule has 4 nitrogen and oxygen atoms in total. The van der Waals surface area contributed by atoms with Gasteiger partial charge in [0.2, 0.25) is 0 Å². The number of fused-ring (bicyclic) bond motifs is 1. The minimum atomic E-state index is 0.0744. The highest BCUT2D eigenvalue weighted by Crippen LogP contribution is 2.35. The standard InChI is InChI=1S/C16H19N3O/c1-10(2)19-14-6-5-12(9-17)8-13(14)18-16(19)15-7-4-11(3)20-15/h5-6,8,10-11,15H,4,7H2,1-3H3. The quantitative estimate of drug-likeness (QED) is 0.834. The van der Waals surface area contributed by atoms with E-state index in [1.165, 1.54) is 0 Å². The van der Waals surface area contributed by atoms with Gasteiger partial charge in [0.1, 0.15) is 11.9 Å². The third-order valence-corrected chi connectivity index (χ3v) is 3.88. The molecule has 1 aromatic heterocycles. The number of hydrogen-bond donors (Lipinski definition) is 0. The van der Waals surface area contributed by atoms with Gasteiger partial charge in [-0.1, -0.05) is 0 Å². The van der Waals surface area contributed by atoms with Crippen molar-refractivity contribution in [1.82, 2.24) is 9.55 Å². The van der Waals surface area contributed by atoms with E-state index in [0.717, 1.165) is 29.7 Å². The maximum Gasteiger partial charge on any atom is 0.139 e. The van der Waals surface area contributed by atoms with E-state index in [1.807, 2.05) is 18.2 Å². The van der Waals surface area contributed by atoms with E-state index in [-0.39, 0.29) is 6.10 Å². The van der Waals surface area contributed by atoms with Gasteiger partial charge in [-0.25, -0.2) is 4.98 Å². The molecule has 1 fully saturated rings. The maximum atomic E-state index is 9.02. The Morgan fingerprint density at radius 2 is 2.20 bits per heavy atom. The average Bonchev–Trinajstić information content (AvgIpc) is 3.00. The van der Waals surface area contributed by atoms with Crippen LogP contribution in [0.3, 0.4) is 0 Å². The smallest absolute Gasteiger partial charge is 0.139 e. The monoisotopic (exact) mass is 269 g/mol. The largest absolute Gasteiger partial charge is 0.367 e. The third kappa shape index (κ3) is 2.08. The molecule has 1 saturated heterocycles. The molecule has 0 N–H and O–H groups in total. The van der Waals surface area contributed by atoms with Gasteiger partial charge in [0.15, 0.2) is 0 Å². The van der Waals surface area contributed by atoms with Gasteiger partial charge in [0, 0.05) is 6.04 Å². The Morgan fingerprint density at radius 3 is 2.80 bits per heavy atom. The lowest BCUT2D eigenvalue weighted by atomic mass is 10.2. The molecule has 3 rings (SSSR count). The Balaban J connectivity index is 2.15. The van der Waals surface area contributed by atoms with E-state index in [1.54, 1.807) is 0 Å². The number of ether oxygens (including phenoxy) is 1. The Bertz CT molecular complexity index is 681. The fourth-order valence-corrected chi connectivity index (χ4v) is 2.95. The van der Waals surface area contributed by atoms with Crippen LogP contribution in [0.4, 0.5) is 0 Å². The van der Waals surface area contributed by atoms with E-state index in [2.05, 4.69) is 31.4 Å². The molecule has 2 heterocycles. The van der Waals surface area contributed by atoms with Crippen LogP contribution in [0.1, 0.15) is 57.1 Å². The van der Waals surface area contributed by atoms with E-state index in [4.69, 9.17) is 15.0 Å². The molecule has 0 saturated carbocycles. The van der Waals surface area contributed by atoms with E-state index >= 15 is 0 Å². The second kappa shape index (κ2) is 4.92. The zero-order chi connectivity index (χ0) is 14.3. The first-order valence-electron chi connectivity index (χ1n) is 7.17. The minimum Gasteiger partial charge on any atom is -0.367 e. The van der Waals surface area contributed by atoms with Crippen molar-refractivity contribution in [3.8, 4) is 6.07 Å². The molecule has 0 radical (unpaired) electrons. The second-order valence-electron chi connectivity index (χ2n) is 5.76. The highest BCUT2D eigenvalue weighted by Gasteiger charge is 2.29. The molecule has 1 aromatic carbocycles. The molecule has 0 amide bonds. The van der Waals surface area contributed by atoms with E-state index < -0.39 is 0 Å². The van der Waals surface area contributed by atoms with Crippen LogP contribution in [0.15, 0.2) is 18.2 Å². The van der Waals surface area contributed by atoms with Crippen LogP contribution in [0.2, 0.25) is 0 Å². The number of nitriles is 1. The number of hydrogen-bond acceptors (Lipinski definition) is 3. The predicted octanol–water partition coefficient (Wildman–Crippen LogP) is 3.73. The van der Waals surface area contributed by atoms with Crippen LogP contribution in [-0.2, 0) is 4.74 Å². The lowest BCUT2D eigenvalue weighted by Gasteiger charge is -2.17. The summed E-state index contributed by atoms with van der Waals surface area (Å²) in [7, 11) is 0. The van der Waals surface area contributed by atoms with Gasteiger partial charge in [0.25, 0.3) is 0 Å². The van der Waals surface area contributed by atoms with Crippen molar-refractivity contribution >= 4 is 11.0 Å². The van der Waals surface area contributed by atoms with E-state index in [0.29, 0.717) is 17.7 Å². The summed E-state index contributed by atoms with van der Waals surface area (Å²) in [5, 5.41) is 9.02. The van der Waals surface area contributed by atoms with Crippen molar-refractivity contribution in [2.24, 2.45) is 0 Å². The highest BCUT2D eigenvalue weighted by atomic mass is 16.5. The van der Waals surface area contributed by atoms with Crippen LogP contribution in [-0.4, -0.2) is 15.7 Å². The molecule has 2 atom stereocenters. The first kappa shape index (κ1) is 13.1. The lowest BCUT2D eigenvalue weighted by molar-refractivity contribution is 0.0479. The normalized spacial score (nSPS) is 22.6. The zero-order valence-electron chi connectivity index (χ0n) is 12.1. The minimum absolute atomic E-state index is 0.0744. The summed E-state index contributed by atoms with van der Waals surface area (Å²) in [4.78, 5) is 4.75. The molecule has 1 aliphatic heterocycles. The van der Waals surface area contributed by atoms with Gasteiger partial charge in [0.05, 0.1) is 28.8 Å². The molecule has 4 heteroatoms. The third-order valence-electron chi connectivity index (χ3n) is 3.88. The molecule has 0 bridgehead atoms. The summed E-state index contributed by atoms with van der Waals surface area (Å²) in [5.41, 5.74) is 2.62. The number of nitrogens with zero attached hydrogens (tertiary/aromatic N) is 3. The number of imidazole rings is 1. The second-order valence-corrected chi connectivity index (χ2v) is 5.76. The zero-order valence-corrected chi connectivity index (χ0v) is 12.1. The molecule has 1 aliphatic rings. The SMILES string of the molecule is CC1CCC(c2nc3cc(C#N)ccc3n2C(C)C)O1. The molecule has 20 heavy (non-hydrogen) atoms. The van der Waals surface area contributed by atoms with Crippen LogP contribution < -0.4 is 0 Å². The fraction of sp³-hybridized carbons (Fsp3) is 0.500. The highest BCUT2D eigenvalue weighted by molar-refractivity contribution is 5.78. The summed E-state index contributed by atoms with van der Waals surface area (Å²) in [6.45, 7) is 6.42. The van der Waals surface area contributed by atoms with E-state index in [9.17, 15) is 0 Å². The Labute approximate surface area is 119 Å². The Morgan fingerprint density at radius 1 is 1.40 bits per heavy atom. The molecule has 2 aromatic rings. The summed E-state index contributed by atoms with van der Waals surface area (Å²) in [5.74, 6) is 0.995. The van der Waals surface area contributed by atoms with Crippen molar-refractivity contribution in [3.05, 3.63) is 29.6 Å². The predicted molar refractivity (Wildman–Crippen MR) is 77.4 cm³/mol. The molecular formula is C16H19N3O.